The molecule has 28 heavy (non-hydrogen) atoms. The van der Waals surface area contributed by atoms with Crippen LogP contribution in [0, 0.1) is 0 Å². The molecule has 2 aromatic carbocycles. The van der Waals surface area contributed by atoms with Crippen LogP contribution in [0.25, 0.3) is 10.9 Å². The molecule has 6 nitrogen and oxygen atoms in total. The summed E-state index contributed by atoms with van der Waals surface area (Å²) in [4.78, 5) is 32.1. The second-order valence-corrected chi connectivity index (χ2v) is 7.81. The molecule has 0 radical (unpaired) electrons. The maximum Gasteiger partial charge on any atom is 0.270 e. The van der Waals surface area contributed by atoms with Crippen LogP contribution < -0.4 is 5.32 Å². The number of piperazine rings is 1. The first-order chi connectivity index (χ1) is 13.6. The minimum Gasteiger partial charge on any atom is -0.351 e. The number of para-hydroxylation sites is 1. The number of nitrogens with one attached hydrogen (secondary N) is 2. The van der Waals surface area contributed by atoms with Gasteiger partial charge in [0.25, 0.3) is 5.91 Å². The number of fused-ring (bicyclic) bond motifs is 1. The highest BCUT2D eigenvalue weighted by Crippen LogP contribution is 2.17. The van der Waals surface area contributed by atoms with Crippen molar-refractivity contribution >= 4 is 44.3 Å². The van der Waals surface area contributed by atoms with E-state index in [1.54, 1.807) is 0 Å². The Morgan fingerprint density at radius 2 is 1.71 bits per heavy atom. The third-order valence-electron chi connectivity index (χ3n) is 4.92. The minimum absolute atomic E-state index is 0.00941. The Labute approximate surface area is 171 Å². The molecular weight excluding hydrogens is 420 g/mol. The standard InChI is InChI=1S/C21H21BrN4O2/c22-16-5-7-17(8-6-16)23-20(27)14-25-9-11-26(12-10-25)21(28)19-13-15-3-1-2-4-18(15)24-19/h1-8,13,24H,9-12,14H2,(H,23,27). The lowest BCUT2D eigenvalue weighted by Crippen LogP contribution is -2.50. The van der Waals surface area contributed by atoms with Gasteiger partial charge in [-0.2, -0.15) is 0 Å². The Kier molecular flexibility index (Phi) is 5.45. The first-order valence-electron chi connectivity index (χ1n) is 9.23. The van der Waals surface area contributed by atoms with E-state index in [9.17, 15) is 9.59 Å². The molecule has 0 unspecified atom stereocenters. The summed E-state index contributed by atoms with van der Waals surface area (Å²) in [6, 6.07) is 17.3. The average molecular weight is 441 g/mol. The van der Waals surface area contributed by atoms with Gasteiger partial charge >= 0.3 is 0 Å². The van der Waals surface area contributed by atoms with E-state index in [1.807, 2.05) is 59.5 Å². The molecule has 4 rings (SSSR count). The molecule has 0 saturated carbocycles. The van der Waals surface area contributed by atoms with E-state index >= 15 is 0 Å². The number of halogens is 1. The van der Waals surface area contributed by atoms with Gasteiger partial charge in [-0.1, -0.05) is 34.1 Å². The normalized spacial score (nSPS) is 15.0. The van der Waals surface area contributed by atoms with E-state index in [0.29, 0.717) is 38.4 Å². The number of hydrogen-bond donors (Lipinski definition) is 2. The van der Waals surface area contributed by atoms with Crippen molar-refractivity contribution < 1.29 is 9.59 Å². The SMILES string of the molecule is O=C(CN1CCN(C(=O)c2cc3ccccc3[nH]2)CC1)Nc1ccc(Br)cc1. The highest BCUT2D eigenvalue weighted by molar-refractivity contribution is 9.10. The van der Waals surface area contributed by atoms with Gasteiger partial charge in [0.1, 0.15) is 5.69 Å². The van der Waals surface area contributed by atoms with Crippen LogP contribution >= 0.6 is 15.9 Å². The summed E-state index contributed by atoms with van der Waals surface area (Å²) in [6.07, 6.45) is 0. The topological polar surface area (TPSA) is 68.4 Å². The van der Waals surface area contributed by atoms with Gasteiger partial charge in [0.15, 0.2) is 0 Å². The first kappa shape index (κ1) is 18.7. The summed E-state index contributed by atoms with van der Waals surface area (Å²) in [5.41, 5.74) is 2.36. The molecule has 0 aliphatic carbocycles. The lowest BCUT2D eigenvalue weighted by molar-refractivity contribution is -0.117. The predicted octanol–water partition coefficient (Wildman–Crippen LogP) is 3.33. The number of amides is 2. The fraction of sp³-hybridized carbons (Fsp3) is 0.238. The number of hydrogen-bond acceptors (Lipinski definition) is 3. The Morgan fingerprint density at radius 3 is 2.43 bits per heavy atom. The zero-order valence-corrected chi connectivity index (χ0v) is 16.9. The Bertz CT molecular complexity index is 958. The number of anilines is 1. The third kappa shape index (κ3) is 4.26. The molecule has 0 bridgehead atoms. The van der Waals surface area contributed by atoms with Crippen LogP contribution in [0.2, 0.25) is 0 Å². The molecular formula is C21H21BrN4O2. The monoisotopic (exact) mass is 440 g/mol. The van der Waals surface area contributed by atoms with E-state index < -0.39 is 0 Å². The van der Waals surface area contributed by atoms with E-state index in [0.717, 1.165) is 21.1 Å². The third-order valence-corrected chi connectivity index (χ3v) is 5.44. The summed E-state index contributed by atoms with van der Waals surface area (Å²) in [5, 5.41) is 3.94. The van der Waals surface area contributed by atoms with E-state index in [-0.39, 0.29) is 11.8 Å². The van der Waals surface area contributed by atoms with Crippen molar-refractivity contribution in [3.8, 4) is 0 Å². The molecule has 1 aromatic heterocycles. The van der Waals surface area contributed by atoms with Gasteiger partial charge in [0.05, 0.1) is 6.54 Å². The lowest BCUT2D eigenvalue weighted by atomic mass is 10.2. The van der Waals surface area contributed by atoms with Crippen molar-refractivity contribution in [3.63, 3.8) is 0 Å². The summed E-state index contributed by atoms with van der Waals surface area (Å²) >= 11 is 3.38. The predicted molar refractivity (Wildman–Crippen MR) is 113 cm³/mol. The highest BCUT2D eigenvalue weighted by atomic mass is 79.9. The minimum atomic E-state index is -0.0438. The fourth-order valence-electron chi connectivity index (χ4n) is 3.40. The van der Waals surface area contributed by atoms with Gasteiger partial charge in [-0.25, -0.2) is 0 Å². The van der Waals surface area contributed by atoms with Crippen LogP contribution in [0.15, 0.2) is 59.1 Å². The summed E-state index contributed by atoms with van der Waals surface area (Å²) < 4.78 is 0.973. The van der Waals surface area contributed by atoms with Crippen LogP contribution in [-0.4, -0.2) is 59.3 Å². The van der Waals surface area contributed by atoms with Crippen LogP contribution in [-0.2, 0) is 4.79 Å². The van der Waals surface area contributed by atoms with Crippen molar-refractivity contribution in [2.24, 2.45) is 0 Å². The second-order valence-electron chi connectivity index (χ2n) is 6.89. The van der Waals surface area contributed by atoms with Crippen LogP contribution in [0.5, 0.6) is 0 Å². The van der Waals surface area contributed by atoms with E-state index in [4.69, 9.17) is 0 Å². The molecule has 3 aromatic rings. The van der Waals surface area contributed by atoms with Gasteiger partial charge in [0, 0.05) is 47.2 Å². The number of nitrogens with zero attached hydrogens (tertiary/aromatic N) is 2. The zero-order valence-electron chi connectivity index (χ0n) is 15.3. The summed E-state index contributed by atoms with van der Waals surface area (Å²) in [6.45, 7) is 2.91. The first-order valence-corrected chi connectivity index (χ1v) is 10.0. The largest absolute Gasteiger partial charge is 0.351 e. The maximum absolute atomic E-state index is 12.8. The molecule has 1 fully saturated rings. The van der Waals surface area contributed by atoms with Gasteiger partial charge in [-0.15, -0.1) is 0 Å². The van der Waals surface area contributed by atoms with Crippen molar-refractivity contribution in [1.82, 2.24) is 14.8 Å². The molecule has 2 N–H and O–H groups in total. The van der Waals surface area contributed by atoms with Crippen molar-refractivity contribution in [1.29, 1.82) is 0 Å². The fourth-order valence-corrected chi connectivity index (χ4v) is 3.67. The second kappa shape index (κ2) is 8.16. The lowest BCUT2D eigenvalue weighted by Gasteiger charge is -2.34. The number of carbonyl (C=O) groups excluding carboxylic acids is 2. The van der Waals surface area contributed by atoms with Gasteiger partial charge < -0.3 is 15.2 Å². The Balaban J connectivity index is 1.29. The number of benzene rings is 2. The van der Waals surface area contributed by atoms with Crippen molar-refractivity contribution in [2.75, 3.05) is 38.0 Å². The van der Waals surface area contributed by atoms with Gasteiger partial charge in [-0.05, 0) is 36.4 Å². The van der Waals surface area contributed by atoms with Crippen LogP contribution in [0.3, 0.4) is 0 Å². The Hall–Kier alpha value is -2.64. The molecule has 2 heterocycles. The smallest absolute Gasteiger partial charge is 0.270 e. The number of aromatic nitrogens is 1. The van der Waals surface area contributed by atoms with E-state index in [1.165, 1.54) is 0 Å². The molecule has 7 heteroatoms. The summed E-state index contributed by atoms with van der Waals surface area (Å²) in [7, 11) is 0. The number of rotatable bonds is 4. The quantitative estimate of drug-likeness (QED) is 0.653. The van der Waals surface area contributed by atoms with Crippen molar-refractivity contribution in [2.45, 2.75) is 0 Å². The summed E-state index contributed by atoms with van der Waals surface area (Å²) in [5.74, 6) is -0.0344. The molecule has 0 spiro atoms. The molecule has 1 saturated heterocycles. The van der Waals surface area contributed by atoms with Gasteiger partial charge in [-0.3, -0.25) is 14.5 Å². The average Bonchev–Trinajstić information content (AvgIpc) is 3.14. The van der Waals surface area contributed by atoms with E-state index in [2.05, 4.69) is 31.1 Å². The maximum atomic E-state index is 12.8. The highest BCUT2D eigenvalue weighted by Gasteiger charge is 2.24. The van der Waals surface area contributed by atoms with Crippen LogP contribution in [0.4, 0.5) is 5.69 Å². The zero-order chi connectivity index (χ0) is 19.5. The van der Waals surface area contributed by atoms with Crippen LogP contribution in [0.1, 0.15) is 10.5 Å². The number of H-pyrrole nitrogens is 1. The number of carbonyl (C=O) groups is 2. The Morgan fingerprint density at radius 1 is 1.00 bits per heavy atom. The number of aromatic amines is 1. The molecule has 144 valence electrons. The molecule has 2 amide bonds. The molecule has 1 aliphatic rings. The van der Waals surface area contributed by atoms with Crippen molar-refractivity contribution in [3.05, 3.63) is 64.8 Å². The molecule has 1 aliphatic heterocycles. The van der Waals surface area contributed by atoms with Gasteiger partial charge in [0.2, 0.25) is 5.91 Å². The molecule has 0 atom stereocenters.